The number of amides is 1. The predicted octanol–water partition coefficient (Wildman–Crippen LogP) is 1.95. The highest BCUT2D eigenvalue weighted by Gasteiger charge is 2.25. The fourth-order valence-corrected chi connectivity index (χ4v) is 3.06. The third-order valence-electron chi connectivity index (χ3n) is 4.60. The molecule has 0 bridgehead atoms. The van der Waals surface area contributed by atoms with Gasteiger partial charge in [-0.3, -0.25) is 9.69 Å². The van der Waals surface area contributed by atoms with E-state index in [9.17, 15) is 14.8 Å². The minimum absolute atomic E-state index is 0.174. The molecule has 0 aliphatic carbocycles. The molecule has 0 aromatic heterocycles. The highest BCUT2D eigenvalue weighted by molar-refractivity contribution is 6.43. The van der Waals surface area contributed by atoms with Gasteiger partial charge in [-0.15, -0.1) is 0 Å². The highest BCUT2D eigenvalue weighted by atomic mass is 16.4. The van der Waals surface area contributed by atoms with E-state index < -0.39 is 13.1 Å². The molecule has 0 saturated carbocycles. The van der Waals surface area contributed by atoms with Crippen molar-refractivity contribution in [1.82, 2.24) is 10.2 Å². The van der Waals surface area contributed by atoms with Crippen molar-refractivity contribution in [2.24, 2.45) is 0 Å². The maximum Gasteiger partial charge on any atom is 0.475 e. The van der Waals surface area contributed by atoms with Gasteiger partial charge in [-0.05, 0) is 31.0 Å². The van der Waals surface area contributed by atoms with E-state index in [1.165, 1.54) is 11.1 Å². The fourth-order valence-electron chi connectivity index (χ4n) is 3.06. The van der Waals surface area contributed by atoms with Gasteiger partial charge in [0, 0.05) is 19.5 Å². The summed E-state index contributed by atoms with van der Waals surface area (Å²) in [4.78, 5) is 14.5. The van der Waals surface area contributed by atoms with Gasteiger partial charge in [0.2, 0.25) is 5.91 Å². The smallest absolute Gasteiger partial charge is 0.426 e. The van der Waals surface area contributed by atoms with Gasteiger partial charge in [-0.2, -0.15) is 0 Å². The molecule has 0 unspecified atom stereocenters. The second kappa shape index (κ2) is 10.9. The number of carbonyl (C=O) groups excluding carboxylic acids is 1. The fraction of sp³-hybridized carbons (Fsp3) is 0.381. The van der Waals surface area contributed by atoms with Gasteiger partial charge in [0.25, 0.3) is 0 Å². The molecule has 0 spiro atoms. The van der Waals surface area contributed by atoms with E-state index in [0.717, 1.165) is 18.7 Å². The molecule has 2 aromatic carbocycles. The summed E-state index contributed by atoms with van der Waals surface area (Å²) in [5, 5.41) is 21.9. The zero-order chi connectivity index (χ0) is 19.6. The summed E-state index contributed by atoms with van der Waals surface area (Å²) in [6, 6.07) is 17.9. The lowest BCUT2D eigenvalue weighted by atomic mass is 9.76. The van der Waals surface area contributed by atoms with Gasteiger partial charge >= 0.3 is 7.12 Å². The zero-order valence-corrected chi connectivity index (χ0v) is 16.1. The number of hydrogen-bond acceptors (Lipinski definition) is 4. The van der Waals surface area contributed by atoms with Crippen molar-refractivity contribution in [2.45, 2.75) is 39.2 Å². The molecule has 3 N–H and O–H groups in total. The lowest BCUT2D eigenvalue weighted by Gasteiger charge is -2.22. The van der Waals surface area contributed by atoms with Crippen molar-refractivity contribution in [1.29, 1.82) is 0 Å². The SMILES string of the molecule is CCN(CCC(=O)N[C@@H](Cc1ccccc1)B(O)O)Cc1cccc(C)c1. The van der Waals surface area contributed by atoms with E-state index in [-0.39, 0.29) is 5.91 Å². The lowest BCUT2D eigenvalue weighted by molar-refractivity contribution is -0.121. The van der Waals surface area contributed by atoms with Crippen LogP contribution in [0.3, 0.4) is 0 Å². The van der Waals surface area contributed by atoms with Crippen LogP contribution in [0.1, 0.15) is 30.0 Å². The van der Waals surface area contributed by atoms with Gasteiger partial charge in [0.1, 0.15) is 0 Å². The van der Waals surface area contributed by atoms with Crippen molar-refractivity contribution in [3.8, 4) is 0 Å². The van der Waals surface area contributed by atoms with E-state index in [0.29, 0.717) is 19.4 Å². The van der Waals surface area contributed by atoms with Gasteiger partial charge in [-0.1, -0.05) is 67.1 Å². The summed E-state index contributed by atoms with van der Waals surface area (Å²) >= 11 is 0. The molecule has 1 atom stereocenters. The molecule has 0 aliphatic heterocycles. The van der Waals surface area contributed by atoms with E-state index in [4.69, 9.17) is 0 Å². The quantitative estimate of drug-likeness (QED) is 0.561. The first-order valence-corrected chi connectivity index (χ1v) is 9.45. The first-order chi connectivity index (χ1) is 13.0. The van der Waals surface area contributed by atoms with Crippen LogP contribution in [0.4, 0.5) is 0 Å². The second-order valence-electron chi connectivity index (χ2n) is 6.89. The molecule has 0 aliphatic rings. The van der Waals surface area contributed by atoms with Crippen molar-refractivity contribution in [2.75, 3.05) is 13.1 Å². The summed E-state index contributed by atoms with van der Waals surface area (Å²) < 4.78 is 0. The van der Waals surface area contributed by atoms with Crippen molar-refractivity contribution < 1.29 is 14.8 Å². The van der Waals surface area contributed by atoms with Crippen LogP contribution in [0, 0.1) is 6.92 Å². The minimum atomic E-state index is -1.59. The lowest BCUT2D eigenvalue weighted by Crippen LogP contribution is -2.48. The molecule has 2 aromatic rings. The van der Waals surface area contributed by atoms with Crippen molar-refractivity contribution in [3.05, 3.63) is 71.3 Å². The number of carbonyl (C=O) groups is 1. The molecular formula is C21H29BN2O3. The Bertz CT molecular complexity index is 710. The third-order valence-corrected chi connectivity index (χ3v) is 4.60. The molecule has 2 rings (SSSR count). The van der Waals surface area contributed by atoms with E-state index in [2.05, 4.69) is 42.3 Å². The zero-order valence-electron chi connectivity index (χ0n) is 16.1. The van der Waals surface area contributed by atoms with Crippen LogP contribution in [0.2, 0.25) is 0 Å². The number of nitrogens with one attached hydrogen (secondary N) is 1. The van der Waals surface area contributed by atoms with E-state index >= 15 is 0 Å². The maximum atomic E-state index is 12.3. The Kier molecular flexibility index (Phi) is 8.52. The average molecular weight is 368 g/mol. The molecule has 27 heavy (non-hydrogen) atoms. The highest BCUT2D eigenvalue weighted by Crippen LogP contribution is 2.09. The molecule has 0 radical (unpaired) electrons. The average Bonchev–Trinajstić information content (AvgIpc) is 2.65. The standard InChI is InChI=1S/C21H29BN2O3/c1-3-24(16-19-11-7-8-17(2)14-19)13-12-21(25)23-20(22(26)27)15-18-9-5-4-6-10-18/h4-11,14,20,26-27H,3,12-13,15-16H2,1-2H3,(H,23,25)/t20-/m0/s1. The normalized spacial score (nSPS) is 12.0. The Balaban J connectivity index is 1.84. The Labute approximate surface area is 162 Å². The Morgan fingerprint density at radius 3 is 2.44 bits per heavy atom. The van der Waals surface area contributed by atoms with Crippen LogP contribution in [-0.2, 0) is 17.8 Å². The first-order valence-electron chi connectivity index (χ1n) is 9.45. The number of aryl methyl sites for hydroxylation is 1. The molecule has 0 heterocycles. The van der Waals surface area contributed by atoms with E-state index in [1.54, 1.807) is 0 Å². The van der Waals surface area contributed by atoms with Crippen molar-refractivity contribution >= 4 is 13.0 Å². The maximum absolute atomic E-state index is 12.3. The van der Waals surface area contributed by atoms with Gasteiger partial charge in [-0.25, -0.2) is 0 Å². The first kappa shape index (κ1) is 21.2. The predicted molar refractivity (Wildman–Crippen MR) is 109 cm³/mol. The summed E-state index contributed by atoms with van der Waals surface area (Å²) in [6.45, 7) is 6.40. The summed E-state index contributed by atoms with van der Waals surface area (Å²) in [5.74, 6) is -0.890. The van der Waals surface area contributed by atoms with Crippen LogP contribution < -0.4 is 5.32 Å². The Morgan fingerprint density at radius 1 is 1.11 bits per heavy atom. The van der Waals surface area contributed by atoms with Crippen LogP contribution in [0.25, 0.3) is 0 Å². The molecule has 5 nitrogen and oxygen atoms in total. The Hall–Kier alpha value is -2.15. The summed E-state index contributed by atoms with van der Waals surface area (Å²) in [5.41, 5.74) is 3.40. The minimum Gasteiger partial charge on any atom is -0.426 e. The Morgan fingerprint density at radius 2 is 1.81 bits per heavy atom. The molecule has 144 valence electrons. The van der Waals surface area contributed by atoms with Crippen LogP contribution in [0.5, 0.6) is 0 Å². The van der Waals surface area contributed by atoms with Crippen LogP contribution >= 0.6 is 0 Å². The topological polar surface area (TPSA) is 72.8 Å². The number of benzene rings is 2. The monoisotopic (exact) mass is 368 g/mol. The van der Waals surface area contributed by atoms with Crippen molar-refractivity contribution in [3.63, 3.8) is 0 Å². The summed E-state index contributed by atoms with van der Waals surface area (Å²) in [6.07, 6.45) is 0.697. The van der Waals surface area contributed by atoms with Gasteiger partial charge in [0.15, 0.2) is 0 Å². The number of rotatable bonds is 10. The molecule has 0 saturated heterocycles. The molecule has 6 heteroatoms. The molecular weight excluding hydrogens is 339 g/mol. The summed E-state index contributed by atoms with van der Waals surface area (Å²) in [7, 11) is -1.59. The molecule has 1 amide bonds. The third kappa shape index (κ3) is 7.55. The van der Waals surface area contributed by atoms with E-state index in [1.807, 2.05) is 36.4 Å². The van der Waals surface area contributed by atoms with Crippen LogP contribution in [-0.4, -0.2) is 47.0 Å². The number of hydrogen-bond donors (Lipinski definition) is 3. The number of nitrogens with zero attached hydrogens (tertiary/aromatic N) is 1. The second-order valence-corrected chi connectivity index (χ2v) is 6.89. The van der Waals surface area contributed by atoms with Gasteiger partial charge in [0.05, 0.1) is 5.94 Å². The van der Waals surface area contributed by atoms with Gasteiger partial charge < -0.3 is 15.4 Å². The largest absolute Gasteiger partial charge is 0.475 e. The molecule has 0 fully saturated rings. The van der Waals surface area contributed by atoms with Crippen LogP contribution in [0.15, 0.2) is 54.6 Å².